The van der Waals surface area contributed by atoms with Crippen molar-refractivity contribution in [3.05, 3.63) is 93.5 Å². The van der Waals surface area contributed by atoms with Gasteiger partial charge in [0.25, 0.3) is 11.8 Å². The van der Waals surface area contributed by atoms with Gasteiger partial charge in [0.15, 0.2) is 0 Å². The molecule has 0 aliphatic carbocycles. The molecule has 3 aromatic rings. The van der Waals surface area contributed by atoms with Crippen LogP contribution >= 0.6 is 23.2 Å². The van der Waals surface area contributed by atoms with E-state index in [0.29, 0.717) is 0 Å². The van der Waals surface area contributed by atoms with E-state index in [9.17, 15) is 29.1 Å². The number of rotatable bonds is 10. The van der Waals surface area contributed by atoms with Gasteiger partial charge in [-0.25, -0.2) is 14.4 Å². The summed E-state index contributed by atoms with van der Waals surface area (Å²) in [6.07, 6.45) is -4.62. The number of ether oxygens (including phenoxy) is 4. The highest BCUT2D eigenvalue weighted by Gasteiger charge is 2.41. The fourth-order valence-corrected chi connectivity index (χ4v) is 3.79. The smallest absolute Gasteiger partial charge is 0.349 e. The normalized spacial score (nSPS) is 11.8. The molecule has 2 amide bonds. The third kappa shape index (κ3) is 8.10. The minimum atomic E-state index is -2.35. The monoisotopic (exact) mass is 604 g/mol. The lowest BCUT2D eigenvalue weighted by Crippen LogP contribution is -2.54. The number of carbonyl (C=O) groups excluding carboxylic acids is 4. The summed E-state index contributed by atoms with van der Waals surface area (Å²) in [5.74, 6) is -5.85. The molecule has 3 rings (SSSR count). The Morgan fingerprint density at radius 2 is 1.27 bits per heavy atom. The van der Waals surface area contributed by atoms with E-state index in [1.165, 1.54) is 80.9 Å². The molecule has 12 nitrogen and oxygen atoms in total. The van der Waals surface area contributed by atoms with Crippen molar-refractivity contribution in [1.82, 2.24) is 10.9 Å². The van der Waals surface area contributed by atoms with Crippen molar-refractivity contribution >= 4 is 52.9 Å². The maximum atomic E-state index is 13.1. The summed E-state index contributed by atoms with van der Waals surface area (Å²) in [7, 11) is 2.71. The molecule has 14 heteroatoms. The number of aliphatic carboxylic acids is 1. The van der Waals surface area contributed by atoms with Crippen molar-refractivity contribution in [3.8, 4) is 11.5 Å². The fraction of sp³-hybridized carbons (Fsp3) is 0.148. The summed E-state index contributed by atoms with van der Waals surface area (Å²) in [5, 5.41) is 10.1. The number of hydrogen-bond acceptors (Lipinski definition) is 9. The second-order valence-corrected chi connectivity index (χ2v) is 8.87. The third-order valence-corrected chi connectivity index (χ3v) is 5.88. The average molecular weight is 605 g/mol. The lowest BCUT2D eigenvalue weighted by atomic mass is 10.1. The van der Waals surface area contributed by atoms with Crippen LogP contribution in [0, 0.1) is 0 Å². The SMILES string of the molecule is COc1cccc(C(=O)O[C@H](C(=O)NNC(=O)c2ccc(Cl)cc2Cl)[C@@H](OC(=O)c2cccc(OC)c2)C(=O)O)c1. The Balaban J connectivity index is 1.88. The van der Waals surface area contributed by atoms with Crippen LogP contribution < -0.4 is 20.3 Å². The summed E-state index contributed by atoms with van der Waals surface area (Å²) in [4.78, 5) is 63.5. The van der Waals surface area contributed by atoms with Crippen molar-refractivity contribution < 1.29 is 48.0 Å². The van der Waals surface area contributed by atoms with Gasteiger partial charge >= 0.3 is 17.9 Å². The van der Waals surface area contributed by atoms with Crippen LogP contribution in [-0.4, -0.2) is 61.3 Å². The van der Waals surface area contributed by atoms with Crippen molar-refractivity contribution in [2.75, 3.05) is 14.2 Å². The number of carbonyl (C=O) groups is 5. The molecule has 2 atom stereocenters. The maximum absolute atomic E-state index is 13.1. The van der Waals surface area contributed by atoms with Gasteiger partial charge in [0.1, 0.15) is 11.5 Å². The zero-order valence-electron chi connectivity index (χ0n) is 21.4. The highest BCUT2D eigenvalue weighted by molar-refractivity contribution is 6.36. The highest BCUT2D eigenvalue weighted by Crippen LogP contribution is 2.21. The lowest BCUT2D eigenvalue weighted by molar-refractivity contribution is -0.159. The first kappa shape index (κ1) is 30.7. The Bertz CT molecular complexity index is 1480. The number of halogens is 2. The maximum Gasteiger partial charge on any atom is 0.349 e. The number of methoxy groups -OCH3 is 2. The largest absolute Gasteiger partial charge is 0.497 e. The van der Waals surface area contributed by atoms with Gasteiger partial charge in [-0.15, -0.1) is 0 Å². The van der Waals surface area contributed by atoms with E-state index in [-0.39, 0.29) is 38.2 Å². The van der Waals surface area contributed by atoms with E-state index in [1.54, 1.807) is 0 Å². The predicted molar refractivity (Wildman–Crippen MR) is 144 cm³/mol. The first-order valence-electron chi connectivity index (χ1n) is 11.5. The Kier molecular flexibility index (Phi) is 10.5. The second-order valence-electron chi connectivity index (χ2n) is 8.02. The van der Waals surface area contributed by atoms with Gasteiger partial charge in [-0.3, -0.25) is 20.4 Å². The molecule has 0 saturated heterocycles. The molecule has 0 aliphatic heterocycles. The van der Waals surface area contributed by atoms with E-state index in [4.69, 9.17) is 42.1 Å². The third-order valence-electron chi connectivity index (χ3n) is 5.33. The minimum absolute atomic E-state index is 0.0408. The summed E-state index contributed by atoms with van der Waals surface area (Å²) >= 11 is 11.8. The fourth-order valence-electron chi connectivity index (χ4n) is 3.29. The molecule has 0 fully saturated rings. The first-order chi connectivity index (χ1) is 19.5. The van der Waals surface area contributed by atoms with Crippen LogP contribution in [0.1, 0.15) is 31.1 Å². The van der Waals surface area contributed by atoms with E-state index < -0.39 is 41.9 Å². The molecule has 0 aromatic heterocycles. The number of carboxylic acid groups (broad SMARTS) is 1. The Labute approximate surface area is 243 Å². The van der Waals surface area contributed by atoms with Crippen LogP contribution in [0.25, 0.3) is 0 Å². The zero-order chi connectivity index (χ0) is 30.1. The minimum Gasteiger partial charge on any atom is -0.497 e. The highest BCUT2D eigenvalue weighted by atomic mass is 35.5. The quantitative estimate of drug-likeness (QED) is 0.231. The predicted octanol–water partition coefficient (Wildman–Crippen LogP) is 3.31. The number of benzene rings is 3. The van der Waals surface area contributed by atoms with Crippen LogP contribution in [0.15, 0.2) is 66.7 Å². The molecule has 0 aliphatic rings. The van der Waals surface area contributed by atoms with Gasteiger partial charge in [0, 0.05) is 5.02 Å². The number of amides is 2. The van der Waals surface area contributed by atoms with Crippen LogP contribution in [0.5, 0.6) is 11.5 Å². The van der Waals surface area contributed by atoms with Crippen molar-refractivity contribution in [2.45, 2.75) is 12.2 Å². The Morgan fingerprint density at radius 3 is 1.76 bits per heavy atom. The molecule has 0 saturated carbocycles. The molecular weight excluding hydrogens is 583 g/mol. The standard InChI is InChI=1S/C27H22Cl2N2O10/c1-38-17-7-3-5-14(11-17)26(36)40-21(24(33)31-30-23(32)19-10-9-16(28)13-20(19)29)22(25(34)35)41-27(37)15-6-4-8-18(12-15)39-2/h3-13,21-22H,1-2H3,(H,30,32)(H,31,33)(H,34,35)/t21-,22+/m0/s1. The van der Waals surface area contributed by atoms with Crippen LogP contribution in [0.3, 0.4) is 0 Å². The molecule has 0 heterocycles. The van der Waals surface area contributed by atoms with Crippen LogP contribution in [0.2, 0.25) is 10.0 Å². The van der Waals surface area contributed by atoms with Crippen LogP contribution in [-0.2, 0) is 19.1 Å². The van der Waals surface area contributed by atoms with Gasteiger partial charge in [0.2, 0.25) is 12.2 Å². The molecule has 3 aromatic carbocycles. The van der Waals surface area contributed by atoms with Crippen LogP contribution in [0.4, 0.5) is 0 Å². The molecule has 41 heavy (non-hydrogen) atoms. The molecule has 0 unspecified atom stereocenters. The molecule has 0 bridgehead atoms. The van der Waals surface area contributed by atoms with E-state index in [2.05, 4.69) is 0 Å². The molecule has 3 N–H and O–H groups in total. The number of hydrazine groups is 1. The number of carboxylic acids is 1. The average Bonchev–Trinajstić information content (AvgIpc) is 2.97. The molecule has 214 valence electrons. The Morgan fingerprint density at radius 1 is 0.732 bits per heavy atom. The first-order valence-corrected chi connectivity index (χ1v) is 12.3. The van der Waals surface area contributed by atoms with Gasteiger partial charge in [-0.05, 0) is 54.6 Å². The zero-order valence-corrected chi connectivity index (χ0v) is 22.9. The summed E-state index contributed by atoms with van der Waals surface area (Å²) in [5.41, 5.74) is 3.70. The molecule has 0 radical (unpaired) electrons. The van der Waals surface area contributed by atoms with E-state index in [0.717, 1.165) is 0 Å². The van der Waals surface area contributed by atoms with E-state index in [1.807, 2.05) is 10.9 Å². The van der Waals surface area contributed by atoms with Gasteiger partial charge < -0.3 is 24.1 Å². The number of esters is 2. The van der Waals surface area contributed by atoms with Crippen molar-refractivity contribution in [2.24, 2.45) is 0 Å². The second kappa shape index (κ2) is 14.0. The van der Waals surface area contributed by atoms with Gasteiger partial charge in [-0.1, -0.05) is 35.3 Å². The number of hydrogen-bond donors (Lipinski definition) is 3. The molecular formula is C27H22Cl2N2O10. The van der Waals surface area contributed by atoms with Gasteiger partial charge in [0.05, 0.1) is 35.9 Å². The summed E-state index contributed by atoms with van der Waals surface area (Å²) in [6.45, 7) is 0. The Hall–Kier alpha value is -4.81. The topological polar surface area (TPSA) is 167 Å². The van der Waals surface area contributed by atoms with E-state index >= 15 is 0 Å². The molecule has 0 spiro atoms. The van der Waals surface area contributed by atoms with Gasteiger partial charge in [-0.2, -0.15) is 0 Å². The summed E-state index contributed by atoms with van der Waals surface area (Å²) < 4.78 is 20.4. The summed E-state index contributed by atoms with van der Waals surface area (Å²) in [6, 6.07) is 15.1. The lowest BCUT2D eigenvalue weighted by Gasteiger charge is -2.23. The van der Waals surface area contributed by atoms with Crippen molar-refractivity contribution in [3.63, 3.8) is 0 Å². The number of nitrogens with one attached hydrogen (secondary N) is 2. The van der Waals surface area contributed by atoms with Crippen molar-refractivity contribution in [1.29, 1.82) is 0 Å².